The number of thiophene rings is 1. The summed E-state index contributed by atoms with van der Waals surface area (Å²) in [5.41, 5.74) is 1.49. The van der Waals surface area contributed by atoms with Gasteiger partial charge in [-0.25, -0.2) is 0 Å². The first-order chi connectivity index (χ1) is 11.2. The van der Waals surface area contributed by atoms with Crippen LogP contribution in [0.5, 0.6) is 0 Å². The maximum atomic E-state index is 12.5. The Labute approximate surface area is 138 Å². The molecule has 5 nitrogen and oxygen atoms in total. The van der Waals surface area contributed by atoms with Crippen LogP contribution in [-0.2, 0) is 0 Å². The van der Waals surface area contributed by atoms with Gasteiger partial charge < -0.3 is 9.80 Å². The van der Waals surface area contributed by atoms with Gasteiger partial charge in [-0.15, -0.1) is 0 Å². The fourth-order valence-corrected chi connectivity index (χ4v) is 4.14. The van der Waals surface area contributed by atoms with Crippen molar-refractivity contribution in [1.29, 1.82) is 0 Å². The first-order valence-electron chi connectivity index (χ1n) is 7.68. The summed E-state index contributed by atoms with van der Waals surface area (Å²) in [4.78, 5) is 32.6. The monoisotopic (exact) mass is 327 g/mol. The van der Waals surface area contributed by atoms with E-state index >= 15 is 0 Å². The number of amides is 2. The van der Waals surface area contributed by atoms with Gasteiger partial charge in [-0.1, -0.05) is 0 Å². The number of pyridine rings is 1. The Balaban J connectivity index is 1.38. The summed E-state index contributed by atoms with van der Waals surface area (Å²) in [5, 5.41) is 3.81. The second-order valence-corrected chi connectivity index (χ2v) is 7.17. The van der Waals surface area contributed by atoms with E-state index in [-0.39, 0.29) is 17.2 Å². The zero-order valence-corrected chi connectivity index (χ0v) is 13.5. The fourth-order valence-electron chi connectivity index (χ4n) is 3.51. The number of likely N-dealkylation sites (tertiary alicyclic amines) is 2. The third kappa shape index (κ3) is 2.53. The fraction of sp³-hybridized carbons (Fsp3) is 0.353. The van der Waals surface area contributed by atoms with E-state index in [1.54, 1.807) is 24.5 Å². The predicted molar refractivity (Wildman–Crippen MR) is 87.4 cm³/mol. The van der Waals surface area contributed by atoms with Crippen LogP contribution >= 0.6 is 11.3 Å². The number of nitrogens with zero attached hydrogens (tertiary/aromatic N) is 3. The van der Waals surface area contributed by atoms with Gasteiger partial charge in [0, 0.05) is 49.4 Å². The van der Waals surface area contributed by atoms with E-state index in [2.05, 4.69) is 4.98 Å². The molecule has 23 heavy (non-hydrogen) atoms. The predicted octanol–water partition coefficient (Wildman–Crippen LogP) is 2.13. The van der Waals surface area contributed by atoms with E-state index in [4.69, 9.17) is 0 Å². The number of rotatable bonds is 2. The number of hydrogen-bond donors (Lipinski definition) is 0. The summed E-state index contributed by atoms with van der Waals surface area (Å²) in [6.07, 6.45) is 4.25. The van der Waals surface area contributed by atoms with Crippen molar-refractivity contribution < 1.29 is 9.59 Å². The van der Waals surface area contributed by atoms with Gasteiger partial charge in [-0.05, 0) is 30.0 Å². The Bertz CT molecular complexity index is 724. The van der Waals surface area contributed by atoms with Crippen molar-refractivity contribution in [2.45, 2.75) is 6.42 Å². The quantitative estimate of drug-likeness (QED) is 0.849. The Hall–Kier alpha value is -2.21. The molecule has 1 spiro atoms. The molecule has 2 saturated heterocycles. The van der Waals surface area contributed by atoms with Crippen molar-refractivity contribution in [3.8, 4) is 0 Å². The maximum Gasteiger partial charge on any atom is 0.255 e. The average molecular weight is 327 g/mol. The molecular weight excluding hydrogens is 310 g/mol. The van der Waals surface area contributed by atoms with Crippen molar-refractivity contribution in [3.05, 3.63) is 52.5 Å². The minimum atomic E-state index is 0.0394. The van der Waals surface area contributed by atoms with E-state index in [1.807, 2.05) is 26.6 Å². The highest BCUT2D eigenvalue weighted by Gasteiger charge is 2.50. The molecule has 2 aliphatic rings. The lowest BCUT2D eigenvalue weighted by atomic mass is 9.79. The molecule has 0 saturated carbocycles. The van der Waals surface area contributed by atoms with Crippen LogP contribution in [0.25, 0.3) is 0 Å². The van der Waals surface area contributed by atoms with Crippen molar-refractivity contribution in [1.82, 2.24) is 14.8 Å². The van der Waals surface area contributed by atoms with E-state index < -0.39 is 0 Å². The van der Waals surface area contributed by atoms with Crippen molar-refractivity contribution >= 4 is 23.2 Å². The Morgan fingerprint density at radius 1 is 1.09 bits per heavy atom. The Morgan fingerprint density at radius 2 is 1.87 bits per heavy atom. The molecule has 4 heterocycles. The maximum absolute atomic E-state index is 12.5. The van der Waals surface area contributed by atoms with E-state index in [0.717, 1.165) is 38.2 Å². The van der Waals surface area contributed by atoms with Gasteiger partial charge in [0.2, 0.25) is 0 Å². The first kappa shape index (κ1) is 14.4. The van der Waals surface area contributed by atoms with Crippen LogP contribution in [0.15, 0.2) is 41.4 Å². The smallest absolute Gasteiger partial charge is 0.255 e. The molecule has 2 aromatic heterocycles. The number of aromatic nitrogens is 1. The van der Waals surface area contributed by atoms with Crippen LogP contribution < -0.4 is 0 Å². The molecule has 0 aromatic carbocycles. The molecular formula is C17H17N3O2S. The van der Waals surface area contributed by atoms with Crippen LogP contribution in [0.1, 0.15) is 27.1 Å². The van der Waals surface area contributed by atoms with Crippen molar-refractivity contribution in [3.63, 3.8) is 0 Å². The van der Waals surface area contributed by atoms with E-state index in [1.165, 1.54) is 11.3 Å². The first-order valence-corrected chi connectivity index (χ1v) is 8.62. The third-order valence-corrected chi connectivity index (χ3v) is 5.43. The summed E-state index contributed by atoms with van der Waals surface area (Å²) < 4.78 is 0. The summed E-state index contributed by atoms with van der Waals surface area (Å²) in [6.45, 7) is 2.99. The van der Waals surface area contributed by atoms with Gasteiger partial charge in [-0.3, -0.25) is 14.6 Å². The van der Waals surface area contributed by atoms with Crippen molar-refractivity contribution in [2.24, 2.45) is 5.41 Å². The highest BCUT2D eigenvalue weighted by molar-refractivity contribution is 7.08. The second kappa shape index (κ2) is 5.45. The standard InChI is InChI=1S/C17H17N3O2S/c21-15(13-2-1-5-18-8-13)19-6-4-17(10-19)11-20(12-17)16(22)14-3-7-23-9-14/h1-3,5,7-9H,4,6,10-12H2. The summed E-state index contributed by atoms with van der Waals surface area (Å²) >= 11 is 1.54. The molecule has 0 radical (unpaired) electrons. The van der Waals surface area contributed by atoms with Gasteiger partial charge in [0.1, 0.15) is 0 Å². The largest absolute Gasteiger partial charge is 0.338 e. The van der Waals surface area contributed by atoms with Crippen LogP contribution in [0.3, 0.4) is 0 Å². The summed E-state index contributed by atoms with van der Waals surface area (Å²) in [6, 6.07) is 5.45. The molecule has 0 unspecified atom stereocenters. The molecule has 0 N–H and O–H groups in total. The molecule has 4 rings (SSSR count). The lowest BCUT2D eigenvalue weighted by molar-refractivity contribution is 0.0111. The molecule has 2 amide bonds. The molecule has 2 aliphatic heterocycles. The molecule has 0 aliphatic carbocycles. The highest BCUT2D eigenvalue weighted by atomic mass is 32.1. The van der Waals surface area contributed by atoms with Gasteiger partial charge in [0.15, 0.2) is 0 Å². The van der Waals surface area contributed by atoms with Gasteiger partial charge in [0.05, 0.1) is 11.1 Å². The lowest BCUT2D eigenvalue weighted by Crippen LogP contribution is -2.59. The van der Waals surface area contributed by atoms with Crippen molar-refractivity contribution in [2.75, 3.05) is 26.2 Å². The zero-order valence-electron chi connectivity index (χ0n) is 12.6. The minimum Gasteiger partial charge on any atom is -0.338 e. The average Bonchev–Trinajstić information content (AvgIpc) is 3.22. The number of hydrogen-bond acceptors (Lipinski definition) is 4. The molecule has 2 aromatic rings. The summed E-state index contributed by atoms with van der Waals surface area (Å²) in [5.74, 6) is 0.145. The van der Waals surface area contributed by atoms with Crippen LogP contribution in [-0.4, -0.2) is 52.8 Å². The second-order valence-electron chi connectivity index (χ2n) is 6.39. The Morgan fingerprint density at radius 3 is 2.57 bits per heavy atom. The van der Waals surface area contributed by atoms with Crippen LogP contribution in [0.2, 0.25) is 0 Å². The molecule has 0 atom stereocenters. The highest BCUT2D eigenvalue weighted by Crippen LogP contribution is 2.40. The topological polar surface area (TPSA) is 53.5 Å². The van der Waals surface area contributed by atoms with Gasteiger partial charge in [0.25, 0.3) is 11.8 Å². The normalized spacial score (nSPS) is 19.0. The van der Waals surface area contributed by atoms with Gasteiger partial charge >= 0.3 is 0 Å². The Kier molecular flexibility index (Phi) is 3.41. The van der Waals surface area contributed by atoms with Crippen LogP contribution in [0.4, 0.5) is 0 Å². The molecule has 0 bridgehead atoms. The third-order valence-electron chi connectivity index (χ3n) is 4.74. The zero-order chi connectivity index (χ0) is 15.9. The number of carbonyl (C=O) groups excluding carboxylic acids is 2. The minimum absolute atomic E-state index is 0.0394. The summed E-state index contributed by atoms with van der Waals surface area (Å²) in [7, 11) is 0. The lowest BCUT2D eigenvalue weighted by Gasteiger charge is -2.47. The van der Waals surface area contributed by atoms with Crippen LogP contribution in [0, 0.1) is 5.41 Å². The molecule has 6 heteroatoms. The molecule has 2 fully saturated rings. The van der Waals surface area contributed by atoms with Gasteiger partial charge in [-0.2, -0.15) is 11.3 Å². The SMILES string of the molecule is O=C(c1cccnc1)N1CCC2(C1)CN(C(=O)c1ccsc1)C2. The van der Waals surface area contributed by atoms with E-state index in [9.17, 15) is 9.59 Å². The number of carbonyl (C=O) groups is 2. The van der Waals surface area contributed by atoms with E-state index in [0.29, 0.717) is 5.56 Å². The molecule has 118 valence electrons.